The summed E-state index contributed by atoms with van der Waals surface area (Å²) >= 11 is 0. The molecular formula is C6H16Cl2N2O. The predicted octanol–water partition coefficient (Wildman–Crippen LogP) is -0.241. The maximum atomic E-state index is 9.23. The smallest absolute Gasteiger partial charge is 0.0705 e. The Morgan fingerprint density at radius 2 is 2.09 bits per heavy atom. The van der Waals surface area contributed by atoms with E-state index < -0.39 is 0 Å². The summed E-state index contributed by atoms with van der Waals surface area (Å²) < 4.78 is 0. The summed E-state index contributed by atoms with van der Waals surface area (Å²) in [5, 5.41) is 12.3. The molecule has 1 heterocycles. The second kappa shape index (κ2) is 7.13. The number of rotatable bonds is 1. The van der Waals surface area contributed by atoms with Crippen LogP contribution in [0.2, 0.25) is 0 Å². The molecule has 11 heavy (non-hydrogen) atoms. The summed E-state index contributed by atoms with van der Waals surface area (Å²) in [5.41, 5.74) is 5.41. The highest BCUT2D eigenvalue weighted by molar-refractivity contribution is 5.85. The highest BCUT2D eigenvalue weighted by Gasteiger charge is 2.20. The van der Waals surface area contributed by atoms with Gasteiger partial charge in [0.2, 0.25) is 0 Å². The molecule has 0 aromatic carbocycles. The number of β-amino-alcohol motifs (C(OH)–C–C–N with tert-alkyl or cyclic N) is 1. The van der Waals surface area contributed by atoms with Gasteiger partial charge in [0.05, 0.1) is 6.10 Å². The average Bonchev–Trinajstić information content (AvgIpc) is 1.89. The first-order valence-corrected chi connectivity index (χ1v) is 3.43. The summed E-state index contributed by atoms with van der Waals surface area (Å²) in [5.74, 6) is 0.325. The van der Waals surface area contributed by atoms with Gasteiger partial charge in [-0.3, -0.25) is 0 Å². The van der Waals surface area contributed by atoms with E-state index in [1.54, 1.807) is 0 Å². The number of piperidine rings is 1. The van der Waals surface area contributed by atoms with Crippen molar-refractivity contribution in [3.8, 4) is 0 Å². The minimum Gasteiger partial charge on any atom is -0.391 e. The Labute approximate surface area is 79.5 Å². The Hall–Kier alpha value is 0.460. The molecule has 4 N–H and O–H groups in total. The van der Waals surface area contributed by atoms with E-state index in [9.17, 15) is 5.11 Å². The zero-order valence-electron chi connectivity index (χ0n) is 6.32. The molecule has 0 bridgehead atoms. The van der Waals surface area contributed by atoms with E-state index in [0.29, 0.717) is 19.0 Å². The van der Waals surface area contributed by atoms with E-state index in [2.05, 4.69) is 5.32 Å². The molecular weight excluding hydrogens is 187 g/mol. The normalized spacial score (nSPS) is 30.0. The quantitative estimate of drug-likeness (QED) is 0.551. The SMILES string of the molecule is Cl.Cl.NC[C@@H]1CCNC[C@H]1O. The molecule has 1 fully saturated rings. The van der Waals surface area contributed by atoms with Crippen LogP contribution in [-0.2, 0) is 0 Å². The highest BCUT2D eigenvalue weighted by atomic mass is 35.5. The van der Waals surface area contributed by atoms with Crippen LogP contribution in [0.15, 0.2) is 0 Å². The van der Waals surface area contributed by atoms with Crippen LogP contribution in [0, 0.1) is 5.92 Å². The molecule has 0 amide bonds. The van der Waals surface area contributed by atoms with Crippen LogP contribution in [-0.4, -0.2) is 30.8 Å². The number of nitrogens with two attached hydrogens (primary N) is 1. The maximum Gasteiger partial charge on any atom is 0.0705 e. The molecule has 0 aromatic heterocycles. The number of aliphatic hydroxyl groups excluding tert-OH is 1. The summed E-state index contributed by atoms with van der Waals surface area (Å²) in [4.78, 5) is 0. The fourth-order valence-corrected chi connectivity index (χ4v) is 1.17. The van der Waals surface area contributed by atoms with Gasteiger partial charge in [0.25, 0.3) is 0 Å². The number of halogens is 2. The van der Waals surface area contributed by atoms with Crippen molar-refractivity contribution in [2.45, 2.75) is 12.5 Å². The fraction of sp³-hybridized carbons (Fsp3) is 1.00. The van der Waals surface area contributed by atoms with E-state index in [4.69, 9.17) is 5.73 Å². The van der Waals surface area contributed by atoms with E-state index in [1.807, 2.05) is 0 Å². The lowest BCUT2D eigenvalue weighted by molar-refractivity contribution is 0.0863. The maximum absolute atomic E-state index is 9.23. The van der Waals surface area contributed by atoms with E-state index in [1.165, 1.54) is 0 Å². The van der Waals surface area contributed by atoms with Gasteiger partial charge in [0, 0.05) is 6.54 Å². The third-order valence-electron chi connectivity index (χ3n) is 1.89. The van der Waals surface area contributed by atoms with Crippen molar-refractivity contribution in [2.24, 2.45) is 11.7 Å². The molecule has 1 saturated heterocycles. The molecule has 0 aliphatic carbocycles. The molecule has 3 nitrogen and oxygen atoms in total. The molecule has 0 unspecified atom stereocenters. The van der Waals surface area contributed by atoms with Crippen molar-refractivity contribution < 1.29 is 5.11 Å². The standard InChI is InChI=1S/C6H14N2O.2ClH/c7-3-5-1-2-8-4-6(5)9;;/h5-6,8-9H,1-4,7H2;2*1H/t5-,6+;;/m0../s1. The van der Waals surface area contributed by atoms with Gasteiger partial charge in [-0.15, -0.1) is 24.8 Å². The topological polar surface area (TPSA) is 58.3 Å². The Bertz CT molecular complexity index is 94.7. The van der Waals surface area contributed by atoms with Gasteiger partial charge in [-0.1, -0.05) is 0 Å². The van der Waals surface area contributed by atoms with Crippen molar-refractivity contribution in [1.82, 2.24) is 5.32 Å². The third kappa shape index (κ3) is 4.13. The van der Waals surface area contributed by atoms with Crippen LogP contribution in [0.25, 0.3) is 0 Å². The zero-order chi connectivity index (χ0) is 6.69. The first-order chi connectivity index (χ1) is 4.34. The number of hydrogen-bond donors (Lipinski definition) is 3. The Morgan fingerprint density at radius 1 is 1.45 bits per heavy atom. The predicted molar refractivity (Wildman–Crippen MR) is 50.5 cm³/mol. The second-order valence-corrected chi connectivity index (χ2v) is 2.56. The Balaban J connectivity index is 0. The fourth-order valence-electron chi connectivity index (χ4n) is 1.17. The van der Waals surface area contributed by atoms with Crippen molar-refractivity contribution in [1.29, 1.82) is 0 Å². The Morgan fingerprint density at radius 3 is 2.45 bits per heavy atom. The minimum atomic E-state index is -0.219. The van der Waals surface area contributed by atoms with Crippen LogP contribution < -0.4 is 11.1 Å². The second-order valence-electron chi connectivity index (χ2n) is 2.56. The van der Waals surface area contributed by atoms with E-state index in [0.717, 1.165) is 13.0 Å². The van der Waals surface area contributed by atoms with Gasteiger partial charge in [0.15, 0.2) is 0 Å². The third-order valence-corrected chi connectivity index (χ3v) is 1.89. The molecule has 2 atom stereocenters. The van der Waals surface area contributed by atoms with E-state index >= 15 is 0 Å². The lowest BCUT2D eigenvalue weighted by Gasteiger charge is -2.26. The largest absolute Gasteiger partial charge is 0.391 e. The van der Waals surface area contributed by atoms with Gasteiger partial charge in [0.1, 0.15) is 0 Å². The summed E-state index contributed by atoms with van der Waals surface area (Å²) in [7, 11) is 0. The molecule has 70 valence electrons. The monoisotopic (exact) mass is 202 g/mol. The Kier molecular flexibility index (Phi) is 9.08. The van der Waals surface area contributed by atoms with Gasteiger partial charge in [-0.2, -0.15) is 0 Å². The van der Waals surface area contributed by atoms with Gasteiger partial charge < -0.3 is 16.2 Å². The lowest BCUT2D eigenvalue weighted by atomic mass is 9.96. The van der Waals surface area contributed by atoms with Crippen LogP contribution >= 0.6 is 24.8 Å². The molecule has 0 radical (unpaired) electrons. The first kappa shape index (κ1) is 14.0. The van der Waals surface area contributed by atoms with Crippen molar-refractivity contribution >= 4 is 24.8 Å². The van der Waals surface area contributed by atoms with E-state index in [-0.39, 0.29) is 30.9 Å². The molecule has 0 saturated carbocycles. The number of aliphatic hydroxyl groups is 1. The molecule has 1 rings (SSSR count). The van der Waals surface area contributed by atoms with Crippen molar-refractivity contribution in [3.05, 3.63) is 0 Å². The zero-order valence-corrected chi connectivity index (χ0v) is 7.96. The van der Waals surface area contributed by atoms with Gasteiger partial charge in [-0.25, -0.2) is 0 Å². The van der Waals surface area contributed by atoms with Gasteiger partial charge in [-0.05, 0) is 25.4 Å². The summed E-state index contributed by atoms with van der Waals surface area (Å²) in [6.45, 7) is 2.32. The summed E-state index contributed by atoms with van der Waals surface area (Å²) in [6, 6.07) is 0. The van der Waals surface area contributed by atoms with Crippen LogP contribution in [0.4, 0.5) is 0 Å². The van der Waals surface area contributed by atoms with Crippen LogP contribution in [0.1, 0.15) is 6.42 Å². The van der Waals surface area contributed by atoms with Crippen LogP contribution in [0.3, 0.4) is 0 Å². The average molecular weight is 203 g/mol. The molecule has 0 aromatic rings. The molecule has 1 aliphatic rings. The first-order valence-electron chi connectivity index (χ1n) is 3.43. The lowest BCUT2D eigenvalue weighted by Crippen LogP contribution is -2.43. The summed E-state index contributed by atoms with van der Waals surface area (Å²) in [6.07, 6.45) is 0.793. The highest BCUT2D eigenvalue weighted by Crippen LogP contribution is 2.09. The van der Waals surface area contributed by atoms with Gasteiger partial charge >= 0.3 is 0 Å². The number of nitrogens with one attached hydrogen (secondary N) is 1. The van der Waals surface area contributed by atoms with Crippen molar-refractivity contribution in [2.75, 3.05) is 19.6 Å². The molecule has 1 aliphatic heterocycles. The van der Waals surface area contributed by atoms with Crippen LogP contribution in [0.5, 0.6) is 0 Å². The van der Waals surface area contributed by atoms with Crippen molar-refractivity contribution in [3.63, 3.8) is 0 Å². The number of hydrogen-bond acceptors (Lipinski definition) is 3. The minimum absolute atomic E-state index is 0. The molecule has 0 spiro atoms. The molecule has 5 heteroatoms.